The molecule has 0 aliphatic carbocycles. The zero-order valence-corrected chi connectivity index (χ0v) is 13.5. The number of thioether (sulfide) groups is 1. The predicted molar refractivity (Wildman–Crippen MR) is 84.1 cm³/mol. The SMILES string of the molecule is Cc1ccc(OCC(O)CNC2CCSC2)c(Br)c1. The Kier molecular flexibility index (Phi) is 6.01. The zero-order chi connectivity index (χ0) is 13.7. The molecule has 3 nitrogen and oxygen atoms in total. The number of benzene rings is 1. The van der Waals surface area contributed by atoms with Crippen molar-refractivity contribution in [3.05, 3.63) is 28.2 Å². The Morgan fingerprint density at radius 1 is 1.58 bits per heavy atom. The molecular formula is C14H20BrNO2S. The number of aliphatic hydroxyl groups excluding tert-OH is 1. The Morgan fingerprint density at radius 2 is 2.42 bits per heavy atom. The van der Waals surface area contributed by atoms with Crippen molar-refractivity contribution in [3.8, 4) is 5.75 Å². The van der Waals surface area contributed by atoms with Gasteiger partial charge in [-0.2, -0.15) is 11.8 Å². The van der Waals surface area contributed by atoms with Crippen molar-refractivity contribution >= 4 is 27.7 Å². The molecule has 5 heteroatoms. The third-order valence-electron chi connectivity index (χ3n) is 3.09. The molecular weight excluding hydrogens is 326 g/mol. The number of ether oxygens (including phenoxy) is 1. The minimum atomic E-state index is -0.473. The van der Waals surface area contributed by atoms with Gasteiger partial charge in [-0.3, -0.25) is 0 Å². The fraction of sp³-hybridized carbons (Fsp3) is 0.571. The number of hydrogen-bond donors (Lipinski definition) is 2. The maximum absolute atomic E-state index is 9.91. The summed E-state index contributed by atoms with van der Waals surface area (Å²) in [5.41, 5.74) is 1.18. The van der Waals surface area contributed by atoms with Crippen LogP contribution >= 0.6 is 27.7 Å². The van der Waals surface area contributed by atoms with Gasteiger partial charge in [-0.05, 0) is 52.7 Å². The molecule has 2 unspecified atom stereocenters. The molecule has 0 bridgehead atoms. The Balaban J connectivity index is 1.71. The van der Waals surface area contributed by atoms with E-state index in [0.29, 0.717) is 19.2 Å². The van der Waals surface area contributed by atoms with Crippen LogP contribution in [0.2, 0.25) is 0 Å². The first-order chi connectivity index (χ1) is 9.15. The maximum atomic E-state index is 9.91. The van der Waals surface area contributed by atoms with Gasteiger partial charge in [0.05, 0.1) is 4.47 Å². The molecule has 1 fully saturated rings. The van der Waals surface area contributed by atoms with E-state index in [0.717, 1.165) is 16.0 Å². The summed E-state index contributed by atoms with van der Waals surface area (Å²) in [4.78, 5) is 0. The molecule has 1 aromatic rings. The van der Waals surface area contributed by atoms with Crippen molar-refractivity contribution in [2.45, 2.75) is 25.5 Å². The Labute approximate surface area is 127 Å². The first kappa shape index (κ1) is 15.2. The van der Waals surface area contributed by atoms with Crippen molar-refractivity contribution in [1.29, 1.82) is 0 Å². The Hall–Kier alpha value is -0.230. The molecule has 19 heavy (non-hydrogen) atoms. The fourth-order valence-electron chi connectivity index (χ4n) is 1.97. The van der Waals surface area contributed by atoms with Gasteiger partial charge in [-0.25, -0.2) is 0 Å². The highest BCUT2D eigenvalue weighted by atomic mass is 79.9. The third-order valence-corrected chi connectivity index (χ3v) is 4.87. The molecule has 0 spiro atoms. The van der Waals surface area contributed by atoms with Crippen molar-refractivity contribution in [3.63, 3.8) is 0 Å². The van der Waals surface area contributed by atoms with Crippen molar-refractivity contribution in [2.75, 3.05) is 24.7 Å². The summed E-state index contributed by atoms with van der Waals surface area (Å²) < 4.78 is 6.56. The summed E-state index contributed by atoms with van der Waals surface area (Å²) in [7, 11) is 0. The van der Waals surface area contributed by atoms with Crippen LogP contribution in [0.15, 0.2) is 22.7 Å². The van der Waals surface area contributed by atoms with E-state index in [-0.39, 0.29) is 0 Å². The van der Waals surface area contributed by atoms with Gasteiger partial charge in [0.15, 0.2) is 0 Å². The quantitative estimate of drug-likeness (QED) is 0.831. The van der Waals surface area contributed by atoms with E-state index in [4.69, 9.17) is 4.74 Å². The number of aryl methyl sites for hydroxylation is 1. The van der Waals surface area contributed by atoms with E-state index in [1.54, 1.807) is 0 Å². The average Bonchev–Trinajstić information content (AvgIpc) is 2.88. The van der Waals surface area contributed by atoms with Crippen LogP contribution in [0.5, 0.6) is 5.75 Å². The lowest BCUT2D eigenvalue weighted by atomic mass is 10.2. The molecule has 0 amide bonds. The molecule has 1 aliphatic rings. The lowest BCUT2D eigenvalue weighted by molar-refractivity contribution is 0.104. The van der Waals surface area contributed by atoms with Gasteiger partial charge in [-0.15, -0.1) is 0 Å². The molecule has 1 saturated heterocycles. The summed E-state index contributed by atoms with van der Waals surface area (Å²) in [6, 6.07) is 6.48. The van der Waals surface area contributed by atoms with Crippen molar-refractivity contribution < 1.29 is 9.84 Å². The molecule has 2 atom stereocenters. The summed E-state index contributed by atoms with van der Waals surface area (Å²) in [6.45, 7) is 2.94. The van der Waals surface area contributed by atoms with Crippen LogP contribution in [0.1, 0.15) is 12.0 Å². The molecule has 0 radical (unpaired) electrons. The van der Waals surface area contributed by atoms with Gasteiger partial charge in [0.25, 0.3) is 0 Å². The van der Waals surface area contributed by atoms with Crippen LogP contribution in [-0.2, 0) is 0 Å². The first-order valence-electron chi connectivity index (χ1n) is 6.53. The molecule has 2 N–H and O–H groups in total. The van der Waals surface area contributed by atoms with Crippen LogP contribution in [0.3, 0.4) is 0 Å². The number of hydrogen-bond acceptors (Lipinski definition) is 4. The van der Waals surface area contributed by atoms with E-state index < -0.39 is 6.10 Å². The second kappa shape index (κ2) is 7.53. The Morgan fingerprint density at radius 3 is 3.11 bits per heavy atom. The van der Waals surface area contributed by atoms with E-state index in [2.05, 4.69) is 21.2 Å². The topological polar surface area (TPSA) is 41.5 Å². The zero-order valence-electron chi connectivity index (χ0n) is 11.1. The van der Waals surface area contributed by atoms with Crippen LogP contribution in [0.25, 0.3) is 0 Å². The molecule has 1 aliphatic heterocycles. The van der Waals surface area contributed by atoms with Crippen LogP contribution < -0.4 is 10.1 Å². The highest BCUT2D eigenvalue weighted by molar-refractivity contribution is 9.10. The maximum Gasteiger partial charge on any atom is 0.133 e. The fourth-order valence-corrected chi connectivity index (χ4v) is 3.76. The van der Waals surface area contributed by atoms with Crippen molar-refractivity contribution in [1.82, 2.24) is 5.32 Å². The van der Waals surface area contributed by atoms with Gasteiger partial charge in [-0.1, -0.05) is 6.07 Å². The summed E-state index contributed by atoms with van der Waals surface area (Å²) in [5.74, 6) is 3.15. The molecule has 0 aromatic heterocycles. The molecule has 0 saturated carbocycles. The van der Waals surface area contributed by atoms with Gasteiger partial charge in [0, 0.05) is 18.3 Å². The summed E-state index contributed by atoms with van der Waals surface area (Å²) in [6.07, 6.45) is 0.723. The minimum Gasteiger partial charge on any atom is -0.490 e. The van der Waals surface area contributed by atoms with Gasteiger partial charge in [0.2, 0.25) is 0 Å². The van der Waals surface area contributed by atoms with Crippen LogP contribution in [-0.4, -0.2) is 41.9 Å². The summed E-state index contributed by atoms with van der Waals surface area (Å²) >= 11 is 5.43. The largest absolute Gasteiger partial charge is 0.490 e. The van der Waals surface area contributed by atoms with E-state index in [1.807, 2.05) is 36.9 Å². The van der Waals surface area contributed by atoms with E-state index in [9.17, 15) is 5.11 Å². The third kappa shape index (κ3) is 4.99. The highest BCUT2D eigenvalue weighted by Gasteiger charge is 2.16. The second-order valence-corrected chi connectivity index (χ2v) is 6.87. The van der Waals surface area contributed by atoms with Crippen LogP contribution in [0.4, 0.5) is 0 Å². The average molecular weight is 346 g/mol. The molecule has 1 aromatic carbocycles. The lowest BCUT2D eigenvalue weighted by Gasteiger charge is -2.17. The Bertz CT molecular complexity index is 410. The standard InChI is InChI=1S/C14H20BrNO2S/c1-10-2-3-14(13(15)6-10)18-8-12(17)7-16-11-4-5-19-9-11/h2-3,6,11-12,16-17H,4-5,7-9H2,1H3. The normalized spacial score (nSPS) is 20.5. The molecule has 106 valence electrons. The minimum absolute atomic E-state index is 0.314. The number of halogens is 1. The van der Waals surface area contributed by atoms with Gasteiger partial charge in [0.1, 0.15) is 18.5 Å². The second-order valence-electron chi connectivity index (χ2n) is 4.87. The van der Waals surface area contributed by atoms with E-state index >= 15 is 0 Å². The monoisotopic (exact) mass is 345 g/mol. The van der Waals surface area contributed by atoms with Gasteiger partial charge < -0.3 is 15.2 Å². The predicted octanol–water partition coefficient (Wildman–Crippen LogP) is 2.59. The lowest BCUT2D eigenvalue weighted by Crippen LogP contribution is -2.38. The van der Waals surface area contributed by atoms with E-state index in [1.165, 1.54) is 17.7 Å². The van der Waals surface area contributed by atoms with Gasteiger partial charge >= 0.3 is 0 Å². The van der Waals surface area contributed by atoms with Crippen LogP contribution in [0, 0.1) is 6.92 Å². The highest BCUT2D eigenvalue weighted by Crippen LogP contribution is 2.25. The number of aliphatic hydroxyl groups is 1. The smallest absolute Gasteiger partial charge is 0.133 e. The van der Waals surface area contributed by atoms with Crippen molar-refractivity contribution in [2.24, 2.45) is 0 Å². The molecule has 2 rings (SSSR count). The summed E-state index contributed by atoms with van der Waals surface area (Å²) in [5, 5.41) is 13.3. The molecule has 1 heterocycles. The number of rotatable bonds is 6. The first-order valence-corrected chi connectivity index (χ1v) is 8.48. The number of nitrogens with one attached hydrogen (secondary N) is 1.